The number of aromatic hydroxyl groups is 1. The van der Waals surface area contributed by atoms with Crippen molar-refractivity contribution in [2.45, 2.75) is 19.8 Å². The second kappa shape index (κ2) is 10.3. The third kappa shape index (κ3) is 8.00. The van der Waals surface area contributed by atoms with Crippen LogP contribution in [0.25, 0.3) is 0 Å². The summed E-state index contributed by atoms with van der Waals surface area (Å²) in [5.41, 5.74) is 0.817. The van der Waals surface area contributed by atoms with Gasteiger partial charge in [0.2, 0.25) is 0 Å². The molecule has 2 rings (SSSR count). The molecule has 0 unspecified atom stereocenters. The zero-order valence-corrected chi connectivity index (χ0v) is 17.8. The molecule has 27 heavy (non-hydrogen) atoms. The Bertz CT molecular complexity index is 866. The average molecular weight is 504 g/mol. The molecule has 1 amide bonds. The molecule has 10 heteroatoms. The number of hydrogen-bond acceptors (Lipinski definition) is 4. The van der Waals surface area contributed by atoms with Gasteiger partial charge in [-0.15, -0.1) is 0 Å². The third-order valence-corrected chi connectivity index (χ3v) is 6.07. The SMILES string of the molecule is CC(=O)Nc1c(O)cccc1[As](=O)(O)O.O=C(O)CCc1ccccc1Br. The number of phenolic OH excluding ortho intramolecular Hbond substituents is 1. The molecule has 0 saturated heterocycles. The van der Waals surface area contributed by atoms with Gasteiger partial charge in [0.25, 0.3) is 0 Å². The van der Waals surface area contributed by atoms with E-state index < -0.39 is 26.0 Å². The summed E-state index contributed by atoms with van der Waals surface area (Å²) in [6, 6.07) is 11.4. The number of amides is 1. The first kappa shape index (κ1) is 23.0. The molecule has 5 N–H and O–H groups in total. The molecule has 8 nitrogen and oxygen atoms in total. The zero-order chi connectivity index (χ0) is 20.6. The van der Waals surface area contributed by atoms with Gasteiger partial charge in [-0.2, -0.15) is 0 Å². The van der Waals surface area contributed by atoms with E-state index in [-0.39, 0.29) is 22.2 Å². The van der Waals surface area contributed by atoms with E-state index in [2.05, 4.69) is 21.2 Å². The van der Waals surface area contributed by atoms with Gasteiger partial charge in [0.15, 0.2) is 0 Å². The first-order valence-corrected chi connectivity index (χ1v) is 11.8. The van der Waals surface area contributed by atoms with Gasteiger partial charge in [-0.3, -0.25) is 4.79 Å². The van der Waals surface area contributed by atoms with Crippen LogP contribution in [-0.2, 0) is 19.7 Å². The summed E-state index contributed by atoms with van der Waals surface area (Å²) < 4.78 is 29.7. The Balaban J connectivity index is 0.000000277. The maximum Gasteiger partial charge on any atom is 0.303 e. The number of para-hydroxylation sites is 1. The van der Waals surface area contributed by atoms with E-state index in [1.165, 1.54) is 25.1 Å². The van der Waals surface area contributed by atoms with Crippen LogP contribution < -0.4 is 9.67 Å². The van der Waals surface area contributed by atoms with Gasteiger partial charge in [0, 0.05) is 10.9 Å². The molecule has 0 spiro atoms. The fraction of sp³-hybridized carbons (Fsp3) is 0.176. The van der Waals surface area contributed by atoms with Crippen LogP contribution in [0, 0.1) is 0 Å². The molecule has 146 valence electrons. The van der Waals surface area contributed by atoms with Crippen molar-refractivity contribution in [3.63, 3.8) is 0 Å². The van der Waals surface area contributed by atoms with Crippen molar-refractivity contribution in [1.29, 1.82) is 0 Å². The number of hydrogen-bond donors (Lipinski definition) is 5. The number of carbonyl (C=O) groups excluding carboxylic acids is 1. The van der Waals surface area contributed by atoms with Crippen LogP contribution in [0.15, 0.2) is 46.9 Å². The minimum atomic E-state index is -5.14. The fourth-order valence-electron chi connectivity index (χ4n) is 2.02. The predicted molar refractivity (Wildman–Crippen MR) is 103 cm³/mol. The molecule has 0 aliphatic heterocycles. The van der Waals surface area contributed by atoms with Crippen molar-refractivity contribution in [3.8, 4) is 5.75 Å². The largest absolute Gasteiger partial charge is 0.481 e. The maximum absolute atomic E-state index is 11.1. The van der Waals surface area contributed by atoms with Gasteiger partial charge in [-0.1, -0.05) is 34.1 Å². The van der Waals surface area contributed by atoms with E-state index >= 15 is 0 Å². The predicted octanol–water partition coefficient (Wildman–Crippen LogP) is 1.38. The standard InChI is InChI=1S/C9H9BrO2.C8H10AsNO5/c10-8-4-2-1-3-7(8)5-6-9(11)12;1-5(11)10-8-6(9(13,14)15)3-2-4-7(8)12/h1-4H,5-6H2,(H,11,12);2-4,12H,1H3,(H,10,11)(H2,13,14,15). The first-order valence-electron chi connectivity index (χ1n) is 7.63. The summed E-state index contributed by atoms with van der Waals surface area (Å²) in [7, 11) is 0. The van der Waals surface area contributed by atoms with Crippen molar-refractivity contribution < 1.29 is 31.7 Å². The number of aliphatic carboxylic acids is 1. The van der Waals surface area contributed by atoms with Crippen LogP contribution in [0.5, 0.6) is 5.75 Å². The van der Waals surface area contributed by atoms with Gasteiger partial charge in [0.1, 0.15) is 0 Å². The van der Waals surface area contributed by atoms with Gasteiger partial charge in [0.05, 0.1) is 0 Å². The van der Waals surface area contributed by atoms with Crippen molar-refractivity contribution in [2.24, 2.45) is 0 Å². The molecule has 0 aromatic heterocycles. The Kier molecular flexibility index (Phi) is 8.78. The normalized spacial score (nSPS) is 10.5. The van der Waals surface area contributed by atoms with Crippen molar-refractivity contribution in [2.75, 3.05) is 5.32 Å². The van der Waals surface area contributed by atoms with E-state index in [0.717, 1.165) is 10.0 Å². The topological polar surface area (TPSA) is 144 Å². The van der Waals surface area contributed by atoms with Crippen molar-refractivity contribution in [3.05, 3.63) is 52.5 Å². The van der Waals surface area contributed by atoms with Crippen molar-refractivity contribution >= 4 is 52.0 Å². The zero-order valence-electron chi connectivity index (χ0n) is 14.3. The molecule has 0 fully saturated rings. The van der Waals surface area contributed by atoms with E-state index in [4.69, 9.17) is 13.3 Å². The smallest absolute Gasteiger partial charge is 0.303 e. The quantitative estimate of drug-likeness (QED) is 0.306. The van der Waals surface area contributed by atoms with Crippen LogP contribution in [0.4, 0.5) is 5.69 Å². The molecule has 0 bridgehead atoms. The number of carbonyl (C=O) groups is 2. The van der Waals surface area contributed by atoms with Gasteiger partial charge in [-0.05, 0) is 18.1 Å². The number of carboxylic acids is 1. The Hall–Kier alpha value is -2.06. The van der Waals surface area contributed by atoms with Gasteiger partial charge >= 0.3 is 94.1 Å². The molecule has 0 saturated carbocycles. The molecule has 2 aromatic carbocycles. The number of benzene rings is 2. The molecule has 0 atom stereocenters. The maximum atomic E-state index is 11.1. The van der Waals surface area contributed by atoms with Crippen LogP contribution in [0.1, 0.15) is 18.9 Å². The minimum absolute atomic E-state index is 0.183. The number of carboxylic acid groups (broad SMARTS) is 1. The first-order chi connectivity index (χ1) is 12.5. The van der Waals surface area contributed by atoms with Crippen LogP contribution in [0.2, 0.25) is 0 Å². The Morgan fingerprint density at radius 1 is 1.11 bits per heavy atom. The molecule has 0 aliphatic rings. The Labute approximate surface area is 167 Å². The summed E-state index contributed by atoms with van der Waals surface area (Å²) in [6.45, 7) is 1.18. The molecule has 2 aromatic rings. The number of anilines is 1. The second-order valence-corrected chi connectivity index (χ2v) is 9.53. The van der Waals surface area contributed by atoms with Crippen LogP contribution in [0.3, 0.4) is 0 Å². The van der Waals surface area contributed by atoms with Gasteiger partial charge < -0.3 is 5.11 Å². The minimum Gasteiger partial charge on any atom is -0.481 e. The molecular formula is C17H19AsBrNO7. The summed E-state index contributed by atoms with van der Waals surface area (Å²) >= 11 is -1.79. The van der Waals surface area contributed by atoms with E-state index in [1.807, 2.05) is 24.3 Å². The molecule has 0 heterocycles. The fourth-order valence-corrected chi connectivity index (χ4v) is 4.06. The molecule has 0 radical (unpaired) electrons. The molecular weight excluding hydrogens is 485 g/mol. The Morgan fingerprint density at radius 2 is 1.74 bits per heavy atom. The number of aryl methyl sites for hydroxylation is 1. The van der Waals surface area contributed by atoms with E-state index in [1.54, 1.807) is 0 Å². The number of rotatable bonds is 5. The monoisotopic (exact) mass is 503 g/mol. The summed E-state index contributed by atoms with van der Waals surface area (Å²) in [5, 5.41) is 20.0. The molecule has 0 aliphatic carbocycles. The number of nitrogens with one attached hydrogen (secondary N) is 1. The summed E-state index contributed by atoms with van der Waals surface area (Å²) in [5.74, 6) is -1.64. The summed E-state index contributed by atoms with van der Waals surface area (Å²) in [6.07, 6.45) is 0.763. The Morgan fingerprint density at radius 3 is 2.26 bits per heavy atom. The van der Waals surface area contributed by atoms with E-state index in [9.17, 15) is 18.4 Å². The van der Waals surface area contributed by atoms with E-state index in [0.29, 0.717) is 6.42 Å². The van der Waals surface area contributed by atoms with Crippen LogP contribution in [-0.4, -0.2) is 44.5 Å². The third-order valence-electron chi connectivity index (χ3n) is 3.20. The number of halogens is 1. The summed E-state index contributed by atoms with van der Waals surface area (Å²) in [4.78, 5) is 21.0. The van der Waals surface area contributed by atoms with Gasteiger partial charge in [-0.25, -0.2) is 0 Å². The van der Waals surface area contributed by atoms with Crippen LogP contribution >= 0.6 is 15.9 Å². The van der Waals surface area contributed by atoms with Crippen molar-refractivity contribution in [1.82, 2.24) is 0 Å². The number of phenols is 1. The average Bonchev–Trinajstić information content (AvgIpc) is 2.55. The second-order valence-electron chi connectivity index (χ2n) is 5.38.